The zero-order valence-electron chi connectivity index (χ0n) is 14.8. The van der Waals surface area contributed by atoms with Crippen LogP contribution in [-0.4, -0.2) is 57.2 Å². The number of rotatable bonds is 3. The van der Waals surface area contributed by atoms with Gasteiger partial charge in [0.05, 0.1) is 5.56 Å². The van der Waals surface area contributed by atoms with Gasteiger partial charge < -0.3 is 9.80 Å². The minimum absolute atomic E-state index is 0.150. The maximum atomic E-state index is 13.4. The molecular formula is C17H18ClF3N4O2. The van der Waals surface area contributed by atoms with Crippen molar-refractivity contribution in [1.82, 2.24) is 19.2 Å². The second-order valence-electron chi connectivity index (χ2n) is 6.26. The molecule has 0 spiro atoms. The van der Waals surface area contributed by atoms with Gasteiger partial charge in [-0.05, 0) is 25.0 Å². The van der Waals surface area contributed by atoms with Gasteiger partial charge in [-0.2, -0.15) is 13.2 Å². The van der Waals surface area contributed by atoms with Gasteiger partial charge in [-0.1, -0.05) is 18.5 Å². The zero-order chi connectivity index (χ0) is 19.9. The molecule has 1 aliphatic heterocycles. The number of imidazole rings is 1. The molecule has 1 fully saturated rings. The quantitative estimate of drug-likeness (QED) is 0.793. The number of carbonyl (C=O) groups excluding carboxylic acids is 2. The third-order valence-corrected chi connectivity index (χ3v) is 4.98. The minimum atomic E-state index is -4.63. The molecule has 2 aromatic rings. The highest BCUT2D eigenvalue weighted by atomic mass is 35.5. The van der Waals surface area contributed by atoms with E-state index in [9.17, 15) is 22.8 Å². The first-order chi connectivity index (χ1) is 12.7. The fourth-order valence-electron chi connectivity index (χ4n) is 3.08. The fraction of sp³-hybridized carbons (Fsp3) is 0.471. The van der Waals surface area contributed by atoms with Crippen LogP contribution in [0.3, 0.4) is 0 Å². The molecule has 10 heteroatoms. The highest BCUT2D eigenvalue weighted by molar-refractivity contribution is 6.33. The lowest BCUT2D eigenvalue weighted by molar-refractivity contribution is -0.136. The normalized spacial score (nSPS) is 15.7. The van der Waals surface area contributed by atoms with Gasteiger partial charge in [0.2, 0.25) is 5.91 Å². The first-order valence-corrected chi connectivity index (χ1v) is 8.89. The van der Waals surface area contributed by atoms with Gasteiger partial charge in [0.1, 0.15) is 11.7 Å². The molecule has 0 saturated carbocycles. The topological polar surface area (TPSA) is 57.9 Å². The van der Waals surface area contributed by atoms with E-state index >= 15 is 0 Å². The van der Waals surface area contributed by atoms with Crippen molar-refractivity contribution in [3.63, 3.8) is 0 Å². The highest BCUT2D eigenvalue weighted by Crippen LogP contribution is 2.35. The number of fused-ring (bicyclic) bond motifs is 1. The van der Waals surface area contributed by atoms with E-state index in [0.717, 1.165) is 10.5 Å². The molecule has 6 nitrogen and oxygen atoms in total. The van der Waals surface area contributed by atoms with Crippen LogP contribution in [0.5, 0.6) is 0 Å². The van der Waals surface area contributed by atoms with E-state index in [1.165, 1.54) is 11.1 Å². The van der Waals surface area contributed by atoms with Crippen LogP contribution in [0.1, 0.15) is 35.5 Å². The van der Waals surface area contributed by atoms with Gasteiger partial charge >= 0.3 is 6.18 Å². The van der Waals surface area contributed by atoms with Crippen molar-refractivity contribution in [3.8, 4) is 0 Å². The number of amides is 2. The molecule has 0 radical (unpaired) electrons. The molecule has 27 heavy (non-hydrogen) atoms. The molecule has 2 amide bonds. The number of alkyl halides is 3. The number of carbonyl (C=O) groups is 2. The molecular weight excluding hydrogens is 385 g/mol. The van der Waals surface area contributed by atoms with Crippen LogP contribution < -0.4 is 0 Å². The molecule has 0 bridgehead atoms. The lowest BCUT2D eigenvalue weighted by Gasteiger charge is -2.33. The van der Waals surface area contributed by atoms with Crippen molar-refractivity contribution < 1.29 is 22.8 Å². The lowest BCUT2D eigenvalue weighted by atomic mass is 10.1. The summed E-state index contributed by atoms with van der Waals surface area (Å²) in [4.78, 5) is 31.5. The molecule has 0 aliphatic carbocycles. The van der Waals surface area contributed by atoms with Crippen LogP contribution >= 0.6 is 11.6 Å². The van der Waals surface area contributed by atoms with Crippen molar-refractivity contribution in [2.45, 2.75) is 26.4 Å². The number of piperazine rings is 1. The Labute approximate surface area is 158 Å². The Morgan fingerprint density at radius 2 is 2.00 bits per heavy atom. The molecule has 146 valence electrons. The number of hydrogen-bond acceptors (Lipinski definition) is 3. The number of halogens is 4. The van der Waals surface area contributed by atoms with E-state index < -0.39 is 23.3 Å². The smallest absolute Gasteiger partial charge is 0.340 e. The number of nitrogens with zero attached hydrogens (tertiary/aromatic N) is 4. The molecule has 1 aliphatic rings. The average Bonchev–Trinajstić information content (AvgIpc) is 2.96. The Morgan fingerprint density at radius 3 is 2.56 bits per heavy atom. The molecule has 0 unspecified atom stereocenters. The number of likely N-dealkylation sites (N-methyl/N-ethyl adjacent to an activating group) is 1. The number of aromatic nitrogens is 2. The van der Waals surface area contributed by atoms with Gasteiger partial charge in [0.15, 0.2) is 11.3 Å². The average molecular weight is 403 g/mol. The van der Waals surface area contributed by atoms with E-state index in [0.29, 0.717) is 25.1 Å². The van der Waals surface area contributed by atoms with E-state index in [4.69, 9.17) is 11.6 Å². The standard InChI is InChI=1S/C17H18ClF3N4O2/c1-3-10-7-11(17(19,20)21)15-22-13(14(18)25(15)8-10)16(27)24-6-5-23(4-2)12(26)9-24/h7-8H,3-6,9H2,1-2H3. The molecule has 1 saturated heterocycles. The van der Waals surface area contributed by atoms with Gasteiger partial charge in [0.25, 0.3) is 5.91 Å². The molecule has 0 atom stereocenters. The summed E-state index contributed by atoms with van der Waals surface area (Å²) in [5, 5.41) is -0.193. The zero-order valence-corrected chi connectivity index (χ0v) is 15.6. The Hall–Kier alpha value is -2.29. The maximum absolute atomic E-state index is 13.4. The minimum Gasteiger partial charge on any atom is -0.340 e. The summed E-state index contributed by atoms with van der Waals surface area (Å²) < 4.78 is 41.4. The third kappa shape index (κ3) is 3.47. The van der Waals surface area contributed by atoms with E-state index in [-0.39, 0.29) is 29.8 Å². The second kappa shape index (κ2) is 7.03. The summed E-state index contributed by atoms with van der Waals surface area (Å²) in [6.07, 6.45) is -2.83. The van der Waals surface area contributed by atoms with Crippen LogP contribution in [0, 0.1) is 0 Å². The van der Waals surface area contributed by atoms with Crippen molar-refractivity contribution in [2.24, 2.45) is 0 Å². The first kappa shape index (κ1) is 19.5. The van der Waals surface area contributed by atoms with Crippen molar-refractivity contribution in [3.05, 3.63) is 34.2 Å². The Morgan fingerprint density at radius 1 is 1.30 bits per heavy atom. The van der Waals surface area contributed by atoms with Gasteiger partial charge in [-0.25, -0.2) is 4.98 Å². The molecule has 3 heterocycles. The molecule has 0 aromatic carbocycles. The Kier molecular flexibility index (Phi) is 5.07. The van der Waals surface area contributed by atoms with E-state index in [2.05, 4.69) is 4.98 Å². The second-order valence-corrected chi connectivity index (χ2v) is 6.62. The summed E-state index contributed by atoms with van der Waals surface area (Å²) in [5.41, 5.74) is -1.24. The lowest BCUT2D eigenvalue weighted by Crippen LogP contribution is -2.52. The number of hydrogen-bond donors (Lipinski definition) is 0. The summed E-state index contributed by atoms with van der Waals surface area (Å²) in [6, 6.07) is 1.01. The van der Waals surface area contributed by atoms with Crippen LogP contribution in [-0.2, 0) is 17.4 Å². The highest BCUT2D eigenvalue weighted by Gasteiger charge is 2.37. The largest absolute Gasteiger partial charge is 0.419 e. The van der Waals surface area contributed by atoms with E-state index in [1.807, 2.05) is 6.92 Å². The molecule has 2 aromatic heterocycles. The summed E-state index contributed by atoms with van der Waals surface area (Å²) >= 11 is 6.20. The van der Waals surface area contributed by atoms with E-state index in [1.54, 1.807) is 11.8 Å². The molecule has 3 rings (SSSR count). The Balaban J connectivity index is 2.04. The van der Waals surface area contributed by atoms with Crippen LogP contribution in [0.2, 0.25) is 5.15 Å². The summed E-state index contributed by atoms with van der Waals surface area (Å²) in [6.45, 7) is 4.57. The maximum Gasteiger partial charge on any atom is 0.419 e. The third-order valence-electron chi connectivity index (χ3n) is 4.62. The predicted octanol–water partition coefficient (Wildman–Crippen LogP) is 2.87. The Bertz CT molecular complexity index is 910. The summed E-state index contributed by atoms with van der Waals surface area (Å²) in [7, 11) is 0. The number of aryl methyl sites for hydroxylation is 1. The van der Waals surface area contributed by atoms with Gasteiger partial charge in [0, 0.05) is 25.8 Å². The van der Waals surface area contributed by atoms with Crippen LogP contribution in [0.15, 0.2) is 12.3 Å². The van der Waals surface area contributed by atoms with Crippen LogP contribution in [0.25, 0.3) is 5.65 Å². The predicted molar refractivity (Wildman–Crippen MR) is 92.7 cm³/mol. The monoisotopic (exact) mass is 402 g/mol. The van der Waals surface area contributed by atoms with Crippen molar-refractivity contribution in [2.75, 3.05) is 26.2 Å². The SMILES string of the molecule is CCc1cc(C(F)(F)F)c2nc(C(=O)N3CCN(CC)C(=O)C3)c(Cl)n2c1. The molecule has 0 N–H and O–H groups in total. The van der Waals surface area contributed by atoms with Gasteiger partial charge in [-0.3, -0.25) is 14.0 Å². The van der Waals surface area contributed by atoms with Crippen molar-refractivity contribution in [1.29, 1.82) is 0 Å². The summed E-state index contributed by atoms with van der Waals surface area (Å²) in [5.74, 6) is -0.875. The van der Waals surface area contributed by atoms with Crippen molar-refractivity contribution >= 4 is 29.1 Å². The first-order valence-electron chi connectivity index (χ1n) is 8.52. The fourth-order valence-corrected chi connectivity index (χ4v) is 3.33. The number of pyridine rings is 1. The van der Waals surface area contributed by atoms with Crippen LogP contribution in [0.4, 0.5) is 13.2 Å². The van der Waals surface area contributed by atoms with Gasteiger partial charge in [-0.15, -0.1) is 0 Å².